The summed E-state index contributed by atoms with van der Waals surface area (Å²) in [6.45, 7) is 0.989. The number of nitrogen functional groups attached to an aromatic ring is 1. The smallest absolute Gasteiger partial charge is 0.137 e. The van der Waals surface area contributed by atoms with Crippen LogP contribution in [0.5, 0.6) is 5.75 Å². The maximum Gasteiger partial charge on any atom is 0.137 e. The topological polar surface area (TPSA) is 85.1 Å². The third kappa shape index (κ3) is 3.21. The monoisotopic (exact) mass is 211 g/mol. The zero-order valence-electron chi connectivity index (χ0n) is 8.29. The molecule has 0 saturated carbocycles. The van der Waals surface area contributed by atoms with Crippen LogP contribution in [0.4, 0.5) is 4.39 Å². The van der Waals surface area contributed by atoms with Crippen LogP contribution in [0.3, 0.4) is 0 Å². The van der Waals surface area contributed by atoms with E-state index >= 15 is 0 Å². The van der Waals surface area contributed by atoms with Gasteiger partial charge >= 0.3 is 0 Å². The lowest BCUT2D eigenvalue weighted by molar-refractivity contribution is 0.312. The number of amidine groups is 1. The number of halogens is 1. The van der Waals surface area contributed by atoms with Crippen LogP contribution in [0.15, 0.2) is 18.2 Å². The van der Waals surface area contributed by atoms with Gasteiger partial charge in [-0.05, 0) is 25.1 Å². The molecule has 0 aliphatic rings. The second-order valence-corrected chi connectivity index (χ2v) is 3.05. The van der Waals surface area contributed by atoms with Gasteiger partial charge in [0.25, 0.3) is 0 Å². The van der Waals surface area contributed by atoms with E-state index in [1.165, 1.54) is 12.1 Å². The molecule has 1 rings (SSSR count). The summed E-state index contributed by atoms with van der Waals surface area (Å²) in [5.74, 6) is -0.417. The number of rotatable bonds is 5. The van der Waals surface area contributed by atoms with E-state index in [0.29, 0.717) is 18.9 Å². The molecule has 82 valence electrons. The first-order chi connectivity index (χ1) is 7.15. The molecule has 0 spiro atoms. The molecular formula is C10H14FN3O. The van der Waals surface area contributed by atoms with Crippen LogP contribution < -0.4 is 16.2 Å². The molecule has 0 aliphatic carbocycles. The lowest BCUT2D eigenvalue weighted by Gasteiger charge is -2.06. The summed E-state index contributed by atoms with van der Waals surface area (Å²) in [6.07, 6.45) is 0.718. The van der Waals surface area contributed by atoms with Gasteiger partial charge < -0.3 is 16.2 Å². The molecule has 4 nitrogen and oxygen atoms in total. The minimum absolute atomic E-state index is 0.0844. The first-order valence-electron chi connectivity index (χ1n) is 4.62. The van der Waals surface area contributed by atoms with Crippen molar-refractivity contribution in [1.29, 1.82) is 5.41 Å². The first-order valence-corrected chi connectivity index (χ1v) is 4.62. The summed E-state index contributed by atoms with van der Waals surface area (Å²) in [7, 11) is 0. The summed E-state index contributed by atoms with van der Waals surface area (Å²) in [5, 5.41) is 7.10. The van der Waals surface area contributed by atoms with Crippen molar-refractivity contribution < 1.29 is 9.13 Å². The highest BCUT2D eigenvalue weighted by Gasteiger charge is 2.06. The number of benzene rings is 1. The van der Waals surface area contributed by atoms with Gasteiger partial charge in [-0.25, -0.2) is 4.39 Å². The number of nitrogens with one attached hydrogen (secondary N) is 1. The lowest BCUT2D eigenvalue weighted by atomic mass is 10.2. The van der Waals surface area contributed by atoms with Gasteiger partial charge in [0, 0.05) is 6.07 Å². The van der Waals surface area contributed by atoms with Crippen LogP contribution in [0.2, 0.25) is 0 Å². The van der Waals surface area contributed by atoms with Crippen LogP contribution in [-0.2, 0) is 0 Å². The maximum atomic E-state index is 13.3. The summed E-state index contributed by atoms with van der Waals surface area (Å²) in [5.41, 5.74) is 10.5. The molecule has 0 aromatic heterocycles. The number of hydrogen-bond acceptors (Lipinski definition) is 3. The predicted molar refractivity (Wildman–Crippen MR) is 56.6 cm³/mol. The van der Waals surface area contributed by atoms with Gasteiger partial charge in [0.05, 0.1) is 12.2 Å². The fourth-order valence-corrected chi connectivity index (χ4v) is 1.08. The summed E-state index contributed by atoms with van der Waals surface area (Å²) in [6, 6.07) is 4.22. The van der Waals surface area contributed by atoms with Gasteiger partial charge in [0.1, 0.15) is 17.4 Å². The van der Waals surface area contributed by atoms with Crippen molar-refractivity contribution in [3.63, 3.8) is 0 Å². The average molecular weight is 211 g/mol. The summed E-state index contributed by atoms with van der Waals surface area (Å²) in [4.78, 5) is 0. The van der Waals surface area contributed by atoms with E-state index in [4.69, 9.17) is 21.6 Å². The highest BCUT2D eigenvalue weighted by atomic mass is 19.1. The largest absolute Gasteiger partial charge is 0.493 e. The maximum absolute atomic E-state index is 13.3. The first kappa shape index (κ1) is 11.5. The molecule has 5 heteroatoms. The van der Waals surface area contributed by atoms with Gasteiger partial charge in [0.2, 0.25) is 0 Å². The molecule has 0 radical (unpaired) electrons. The van der Waals surface area contributed by atoms with Gasteiger partial charge in [-0.15, -0.1) is 0 Å². The molecule has 0 fully saturated rings. The zero-order chi connectivity index (χ0) is 11.3. The van der Waals surface area contributed by atoms with Crippen LogP contribution in [-0.4, -0.2) is 19.0 Å². The Labute approximate surface area is 87.5 Å². The van der Waals surface area contributed by atoms with Gasteiger partial charge in [-0.2, -0.15) is 0 Å². The fraction of sp³-hybridized carbons (Fsp3) is 0.300. The Morgan fingerprint density at radius 3 is 2.73 bits per heavy atom. The van der Waals surface area contributed by atoms with Crippen LogP contribution >= 0.6 is 0 Å². The van der Waals surface area contributed by atoms with E-state index in [1.807, 2.05) is 0 Å². The van der Waals surface area contributed by atoms with Crippen LogP contribution in [0.1, 0.15) is 12.0 Å². The quantitative estimate of drug-likeness (QED) is 0.383. The lowest BCUT2D eigenvalue weighted by Crippen LogP contribution is -2.13. The van der Waals surface area contributed by atoms with Gasteiger partial charge in [-0.1, -0.05) is 0 Å². The Morgan fingerprint density at radius 1 is 1.47 bits per heavy atom. The highest BCUT2D eigenvalue weighted by Crippen LogP contribution is 2.16. The Morgan fingerprint density at radius 2 is 2.20 bits per heavy atom. The predicted octanol–water partition coefficient (Wildman–Crippen LogP) is 0.837. The second-order valence-electron chi connectivity index (χ2n) is 3.05. The van der Waals surface area contributed by atoms with Gasteiger partial charge in [-0.3, -0.25) is 5.41 Å². The summed E-state index contributed by atoms with van der Waals surface area (Å²) < 4.78 is 18.5. The van der Waals surface area contributed by atoms with E-state index in [1.54, 1.807) is 6.07 Å². The molecule has 0 aliphatic heterocycles. The molecule has 1 aromatic rings. The highest BCUT2D eigenvalue weighted by molar-refractivity contribution is 5.95. The fourth-order valence-electron chi connectivity index (χ4n) is 1.08. The van der Waals surface area contributed by atoms with E-state index < -0.39 is 5.82 Å². The van der Waals surface area contributed by atoms with Crippen molar-refractivity contribution in [3.8, 4) is 5.75 Å². The molecule has 0 amide bonds. The molecule has 0 saturated heterocycles. The van der Waals surface area contributed by atoms with Crippen molar-refractivity contribution in [2.45, 2.75) is 6.42 Å². The van der Waals surface area contributed by atoms with Crippen molar-refractivity contribution in [3.05, 3.63) is 29.6 Å². The standard InChI is InChI=1S/C10H14FN3O/c11-9-6-7(15-5-1-4-12)2-3-8(9)10(13)14/h2-3,6H,1,4-5,12H2,(H3,13,14). The number of hydrogen-bond donors (Lipinski definition) is 3. The Bertz CT molecular complexity index is 355. The molecular weight excluding hydrogens is 197 g/mol. The molecule has 0 unspecified atom stereocenters. The normalized spacial score (nSPS) is 10.0. The molecule has 15 heavy (non-hydrogen) atoms. The third-order valence-electron chi connectivity index (χ3n) is 1.85. The molecule has 0 heterocycles. The Balaban J connectivity index is 2.69. The van der Waals surface area contributed by atoms with Gasteiger partial charge in [0.15, 0.2) is 0 Å². The summed E-state index contributed by atoms with van der Waals surface area (Å²) >= 11 is 0. The van der Waals surface area contributed by atoms with E-state index in [9.17, 15) is 4.39 Å². The van der Waals surface area contributed by atoms with E-state index in [2.05, 4.69) is 0 Å². The zero-order valence-corrected chi connectivity index (χ0v) is 8.29. The van der Waals surface area contributed by atoms with E-state index in [0.717, 1.165) is 6.42 Å². The third-order valence-corrected chi connectivity index (χ3v) is 1.85. The van der Waals surface area contributed by atoms with E-state index in [-0.39, 0.29) is 11.4 Å². The minimum Gasteiger partial charge on any atom is -0.493 e. The molecule has 5 N–H and O–H groups in total. The minimum atomic E-state index is -0.548. The average Bonchev–Trinajstić information content (AvgIpc) is 2.17. The molecule has 0 bridgehead atoms. The number of ether oxygens (including phenoxy) is 1. The second kappa shape index (κ2) is 5.31. The van der Waals surface area contributed by atoms with Crippen molar-refractivity contribution >= 4 is 5.84 Å². The molecule has 0 atom stereocenters. The van der Waals surface area contributed by atoms with Crippen molar-refractivity contribution in [2.75, 3.05) is 13.2 Å². The number of nitrogens with two attached hydrogens (primary N) is 2. The Kier molecular flexibility index (Phi) is 4.05. The van der Waals surface area contributed by atoms with Crippen LogP contribution in [0.25, 0.3) is 0 Å². The van der Waals surface area contributed by atoms with Crippen molar-refractivity contribution in [2.24, 2.45) is 11.5 Å². The molecule has 1 aromatic carbocycles. The van der Waals surface area contributed by atoms with Crippen LogP contribution in [0, 0.1) is 11.2 Å². The Hall–Kier alpha value is -1.62. The SMILES string of the molecule is N=C(N)c1ccc(OCCCN)cc1F. The van der Waals surface area contributed by atoms with Crippen molar-refractivity contribution in [1.82, 2.24) is 0 Å².